The van der Waals surface area contributed by atoms with Gasteiger partial charge in [-0.1, -0.05) is 26.7 Å². The van der Waals surface area contributed by atoms with E-state index < -0.39 is 11.5 Å². The first kappa shape index (κ1) is 18.4. The lowest BCUT2D eigenvalue weighted by molar-refractivity contribution is -0.139. The van der Waals surface area contributed by atoms with E-state index in [4.69, 9.17) is 5.11 Å². The summed E-state index contributed by atoms with van der Waals surface area (Å²) in [4.78, 5) is 39.2. The van der Waals surface area contributed by atoms with E-state index in [0.29, 0.717) is 23.7 Å². The van der Waals surface area contributed by atoms with Gasteiger partial charge in [-0.15, -0.1) is 11.3 Å². The van der Waals surface area contributed by atoms with Crippen molar-refractivity contribution in [1.29, 1.82) is 0 Å². The van der Waals surface area contributed by atoms with Gasteiger partial charge >= 0.3 is 5.97 Å². The van der Waals surface area contributed by atoms with Crippen LogP contribution < -0.4 is 10.6 Å². The maximum atomic E-state index is 12.3. The van der Waals surface area contributed by atoms with Gasteiger partial charge in [0.15, 0.2) is 5.13 Å². The summed E-state index contributed by atoms with van der Waals surface area (Å²) in [6, 6.07) is 0. The van der Waals surface area contributed by atoms with Crippen LogP contribution in [0.5, 0.6) is 0 Å². The molecule has 132 valence electrons. The maximum Gasteiger partial charge on any atom is 0.305 e. The Morgan fingerprint density at radius 2 is 2.00 bits per heavy atom. The number of hydrogen-bond acceptors (Lipinski definition) is 5. The highest BCUT2D eigenvalue weighted by molar-refractivity contribution is 7.13. The maximum absolute atomic E-state index is 12.3. The summed E-state index contributed by atoms with van der Waals surface area (Å²) in [5, 5.41) is 16.9. The fraction of sp³-hybridized carbons (Fsp3) is 0.625. The van der Waals surface area contributed by atoms with Gasteiger partial charge in [-0.2, -0.15) is 0 Å². The number of amides is 2. The molecule has 0 atom stereocenters. The Morgan fingerprint density at radius 3 is 2.58 bits per heavy atom. The van der Waals surface area contributed by atoms with Gasteiger partial charge in [-0.25, -0.2) is 4.98 Å². The average molecular weight is 353 g/mol. The van der Waals surface area contributed by atoms with E-state index in [1.54, 1.807) is 19.2 Å². The molecule has 2 rings (SSSR count). The van der Waals surface area contributed by atoms with Gasteiger partial charge in [0.2, 0.25) is 11.8 Å². The minimum atomic E-state index is -0.899. The van der Waals surface area contributed by atoms with E-state index in [1.165, 1.54) is 11.3 Å². The van der Waals surface area contributed by atoms with Gasteiger partial charge < -0.3 is 15.7 Å². The minimum Gasteiger partial charge on any atom is -0.481 e. The van der Waals surface area contributed by atoms with Crippen LogP contribution in [0.2, 0.25) is 0 Å². The lowest BCUT2D eigenvalue weighted by atomic mass is 9.93. The number of rotatable bonds is 7. The molecule has 0 aliphatic heterocycles. The van der Waals surface area contributed by atoms with Crippen LogP contribution in [0.4, 0.5) is 5.13 Å². The molecule has 3 N–H and O–H groups in total. The number of carbonyl (C=O) groups is 3. The van der Waals surface area contributed by atoms with Crippen LogP contribution in [-0.2, 0) is 20.8 Å². The molecule has 1 fully saturated rings. The summed E-state index contributed by atoms with van der Waals surface area (Å²) >= 11 is 1.27. The largest absolute Gasteiger partial charge is 0.481 e. The Hall–Kier alpha value is -1.96. The summed E-state index contributed by atoms with van der Waals surface area (Å²) < 4.78 is 0. The van der Waals surface area contributed by atoms with Crippen molar-refractivity contribution in [2.75, 3.05) is 5.32 Å². The normalized spacial score (nSPS) is 16.1. The van der Waals surface area contributed by atoms with Crippen molar-refractivity contribution in [3.8, 4) is 0 Å². The predicted octanol–water partition coefficient (Wildman–Crippen LogP) is 2.18. The van der Waals surface area contributed by atoms with Crippen LogP contribution in [-0.4, -0.2) is 33.4 Å². The zero-order valence-corrected chi connectivity index (χ0v) is 14.7. The molecule has 0 aromatic carbocycles. The summed E-state index contributed by atoms with van der Waals surface area (Å²) in [7, 11) is 0. The third-order valence-corrected chi connectivity index (χ3v) is 4.91. The van der Waals surface area contributed by atoms with Gasteiger partial charge in [0.25, 0.3) is 0 Å². The molecule has 1 aliphatic carbocycles. The molecule has 24 heavy (non-hydrogen) atoms. The number of aliphatic carboxylic acids is 1. The molecule has 0 unspecified atom stereocenters. The number of carboxylic acid groups (broad SMARTS) is 1. The van der Waals surface area contributed by atoms with Gasteiger partial charge in [0.05, 0.1) is 24.1 Å². The molecule has 1 aromatic rings. The van der Waals surface area contributed by atoms with Crippen molar-refractivity contribution in [3.63, 3.8) is 0 Å². The van der Waals surface area contributed by atoms with Crippen LogP contribution >= 0.6 is 11.3 Å². The van der Waals surface area contributed by atoms with E-state index in [0.717, 1.165) is 12.8 Å². The predicted molar refractivity (Wildman–Crippen MR) is 90.9 cm³/mol. The van der Waals surface area contributed by atoms with E-state index in [-0.39, 0.29) is 30.6 Å². The summed E-state index contributed by atoms with van der Waals surface area (Å²) in [5.41, 5.74) is -0.0619. The van der Waals surface area contributed by atoms with Crippen LogP contribution in [0.15, 0.2) is 5.38 Å². The fourth-order valence-electron chi connectivity index (χ4n) is 2.89. The SMILES string of the molecule is CC(C)C(=O)Nc1nc(CC(=O)NC2(CC(=O)O)CCCC2)cs1. The second kappa shape index (κ2) is 7.74. The molecule has 0 saturated heterocycles. The molecular formula is C16H23N3O4S. The first-order valence-corrected chi connectivity index (χ1v) is 8.96. The van der Waals surface area contributed by atoms with Crippen LogP contribution in [0.25, 0.3) is 0 Å². The first-order chi connectivity index (χ1) is 11.3. The first-order valence-electron chi connectivity index (χ1n) is 8.08. The second-order valence-corrected chi connectivity index (χ2v) is 7.43. The number of hydrogen-bond donors (Lipinski definition) is 3. The molecule has 1 aliphatic rings. The van der Waals surface area contributed by atoms with Crippen molar-refractivity contribution in [2.45, 2.75) is 57.9 Å². The monoisotopic (exact) mass is 353 g/mol. The zero-order valence-electron chi connectivity index (χ0n) is 13.9. The lowest BCUT2D eigenvalue weighted by Gasteiger charge is -2.28. The summed E-state index contributed by atoms with van der Waals surface area (Å²) in [6.07, 6.45) is 3.27. The van der Waals surface area contributed by atoms with Crippen molar-refractivity contribution >= 4 is 34.3 Å². The van der Waals surface area contributed by atoms with Crippen LogP contribution in [0, 0.1) is 5.92 Å². The number of aromatic nitrogens is 1. The number of nitrogens with one attached hydrogen (secondary N) is 2. The number of anilines is 1. The second-order valence-electron chi connectivity index (χ2n) is 6.57. The van der Waals surface area contributed by atoms with E-state index in [1.807, 2.05) is 0 Å². The fourth-order valence-corrected chi connectivity index (χ4v) is 3.60. The molecule has 1 aromatic heterocycles. The average Bonchev–Trinajstić information content (AvgIpc) is 3.08. The minimum absolute atomic E-state index is 0.0501. The number of thiazole rings is 1. The molecule has 7 nitrogen and oxygen atoms in total. The van der Waals surface area contributed by atoms with Crippen molar-refractivity contribution in [2.24, 2.45) is 5.92 Å². The summed E-state index contributed by atoms with van der Waals surface area (Å²) in [5.74, 6) is -1.39. The highest BCUT2D eigenvalue weighted by Crippen LogP contribution is 2.32. The zero-order chi connectivity index (χ0) is 17.7. The van der Waals surface area contributed by atoms with Crippen LogP contribution in [0.3, 0.4) is 0 Å². The van der Waals surface area contributed by atoms with Crippen molar-refractivity contribution in [3.05, 3.63) is 11.1 Å². The number of carboxylic acids is 1. The quantitative estimate of drug-likeness (QED) is 0.696. The molecule has 2 amide bonds. The van der Waals surface area contributed by atoms with Gasteiger partial charge in [0, 0.05) is 11.3 Å². The lowest BCUT2D eigenvalue weighted by Crippen LogP contribution is -2.48. The topological polar surface area (TPSA) is 108 Å². The Bertz CT molecular complexity index is 621. The molecule has 1 heterocycles. The van der Waals surface area contributed by atoms with Crippen LogP contribution in [0.1, 0.15) is 51.6 Å². The highest BCUT2D eigenvalue weighted by Gasteiger charge is 2.37. The van der Waals surface area contributed by atoms with Gasteiger partial charge in [-0.3, -0.25) is 14.4 Å². The third-order valence-electron chi connectivity index (χ3n) is 4.10. The molecule has 0 bridgehead atoms. The van der Waals surface area contributed by atoms with E-state index >= 15 is 0 Å². The smallest absolute Gasteiger partial charge is 0.305 e. The van der Waals surface area contributed by atoms with E-state index in [2.05, 4.69) is 15.6 Å². The molecule has 1 saturated carbocycles. The van der Waals surface area contributed by atoms with Crippen molar-refractivity contribution < 1.29 is 19.5 Å². The van der Waals surface area contributed by atoms with Crippen molar-refractivity contribution in [1.82, 2.24) is 10.3 Å². The number of carbonyl (C=O) groups excluding carboxylic acids is 2. The number of nitrogens with zero attached hydrogens (tertiary/aromatic N) is 1. The summed E-state index contributed by atoms with van der Waals surface area (Å²) in [6.45, 7) is 3.58. The third kappa shape index (κ3) is 5.02. The molecular weight excluding hydrogens is 330 g/mol. The Balaban J connectivity index is 1.93. The molecule has 0 spiro atoms. The van der Waals surface area contributed by atoms with Gasteiger partial charge in [-0.05, 0) is 12.8 Å². The Morgan fingerprint density at radius 1 is 1.33 bits per heavy atom. The highest BCUT2D eigenvalue weighted by atomic mass is 32.1. The molecule has 8 heteroatoms. The van der Waals surface area contributed by atoms with E-state index in [9.17, 15) is 14.4 Å². The standard InChI is InChI=1S/C16H23N3O4S/c1-10(2)14(23)18-15-17-11(9-24-15)7-12(20)19-16(8-13(21)22)5-3-4-6-16/h9-10H,3-8H2,1-2H3,(H,19,20)(H,21,22)(H,17,18,23). The van der Waals surface area contributed by atoms with Gasteiger partial charge in [0.1, 0.15) is 0 Å². The Labute approximate surface area is 144 Å². The Kier molecular flexibility index (Phi) is 5.93. The molecule has 0 radical (unpaired) electrons.